The van der Waals surface area contributed by atoms with E-state index in [0.29, 0.717) is 23.4 Å². The lowest BCUT2D eigenvalue weighted by molar-refractivity contribution is 0.320. The number of fused-ring (bicyclic) bond motifs is 2. The lowest BCUT2D eigenvalue weighted by atomic mass is 9.64. The minimum absolute atomic E-state index is 0.0517. The van der Waals surface area contributed by atoms with Crippen LogP contribution in [0, 0.1) is 11.8 Å². The molecule has 0 N–H and O–H groups in total. The number of rotatable bonds is 10. The topological polar surface area (TPSA) is 55.7 Å². The molecule has 2 aliphatic carbocycles. The molecule has 11 rings (SSSR count). The van der Waals surface area contributed by atoms with Crippen LogP contribution >= 0.6 is 7.14 Å². The van der Waals surface area contributed by atoms with Crippen LogP contribution in [0.1, 0.15) is 36.8 Å². The summed E-state index contributed by atoms with van der Waals surface area (Å²) in [6, 6.07) is 73.4. The second-order valence-corrected chi connectivity index (χ2v) is 21.6. The van der Waals surface area contributed by atoms with E-state index in [9.17, 15) is 4.57 Å². The molecule has 2 saturated carbocycles. The van der Waals surface area contributed by atoms with Crippen LogP contribution < -0.4 is 5.30 Å². The van der Waals surface area contributed by atoms with Crippen LogP contribution in [0.5, 0.6) is 0 Å². The molecule has 2 aliphatic rings. The van der Waals surface area contributed by atoms with Gasteiger partial charge in [0, 0.05) is 27.4 Å². The highest BCUT2D eigenvalue weighted by molar-refractivity contribution is 7.70. The predicted octanol–water partition coefficient (Wildman–Crippen LogP) is 14.9. The molecule has 3 unspecified atom stereocenters. The Morgan fingerprint density at radius 3 is 1.14 bits per heavy atom. The van der Waals surface area contributed by atoms with Crippen molar-refractivity contribution < 1.29 is 4.57 Å². The molecule has 1 heterocycles. The molecule has 0 radical (unpaired) electrons. The second kappa shape index (κ2) is 16.8. The molecule has 2 fully saturated rings. The third-order valence-corrected chi connectivity index (χ3v) is 15.6. The number of hydrogen-bond acceptors (Lipinski definition) is 4. The molecule has 4 nitrogen and oxygen atoms in total. The van der Waals surface area contributed by atoms with E-state index in [-0.39, 0.29) is 5.41 Å². The van der Waals surface area contributed by atoms with Gasteiger partial charge in [-0.25, -0.2) is 15.0 Å². The molecule has 5 heteroatoms. The van der Waals surface area contributed by atoms with E-state index in [2.05, 4.69) is 182 Å². The molecular formula is C60H50N3OP. The Balaban J connectivity index is 0.935. The van der Waals surface area contributed by atoms with Crippen molar-refractivity contribution in [2.75, 3.05) is 13.3 Å². The molecule has 0 spiro atoms. The lowest BCUT2D eigenvalue weighted by Crippen LogP contribution is -2.34. The van der Waals surface area contributed by atoms with E-state index in [0.717, 1.165) is 62.2 Å². The smallest absolute Gasteiger partial charge is 0.164 e. The zero-order valence-electron chi connectivity index (χ0n) is 36.8. The highest BCUT2D eigenvalue weighted by Crippen LogP contribution is 2.60. The van der Waals surface area contributed by atoms with Crippen LogP contribution in [0.2, 0.25) is 0 Å². The summed E-state index contributed by atoms with van der Waals surface area (Å²) in [5.41, 5.74) is 14.8. The lowest BCUT2D eigenvalue weighted by Gasteiger charge is -2.39. The van der Waals surface area contributed by atoms with E-state index >= 15 is 0 Å². The Hall–Kier alpha value is -7.00. The Bertz CT molecular complexity index is 3160. The fraction of sp³-hybridized carbons (Fsp3) is 0.150. The fourth-order valence-corrected chi connectivity index (χ4v) is 11.5. The number of hydrogen-bond donors (Lipinski definition) is 0. The van der Waals surface area contributed by atoms with Gasteiger partial charge >= 0.3 is 0 Å². The van der Waals surface area contributed by atoms with Gasteiger partial charge in [0.15, 0.2) is 17.5 Å². The van der Waals surface area contributed by atoms with Crippen LogP contribution in [0.15, 0.2) is 206 Å². The molecule has 8 aromatic carbocycles. The van der Waals surface area contributed by atoms with Crippen LogP contribution in [-0.2, 0) is 9.98 Å². The van der Waals surface area contributed by atoms with Crippen LogP contribution in [0.4, 0.5) is 0 Å². The maximum atomic E-state index is 12.9. The van der Waals surface area contributed by atoms with E-state index in [1.165, 1.54) is 47.1 Å². The maximum Gasteiger partial charge on any atom is 0.164 e. The molecule has 316 valence electrons. The zero-order chi connectivity index (χ0) is 44.0. The van der Waals surface area contributed by atoms with Gasteiger partial charge in [0.2, 0.25) is 0 Å². The van der Waals surface area contributed by atoms with Crippen molar-refractivity contribution in [3.63, 3.8) is 0 Å². The summed E-state index contributed by atoms with van der Waals surface area (Å²) in [5, 5.41) is 0.918. The highest BCUT2D eigenvalue weighted by Gasteiger charge is 2.52. The normalized spacial score (nSPS) is 17.9. The van der Waals surface area contributed by atoms with Gasteiger partial charge in [-0.1, -0.05) is 207 Å². The Labute approximate surface area is 382 Å². The quantitative estimate of drug-likeness (QED) is 0.129. The summed E-state index contributed by atoms with van der Waals surface area (Å²) in [6.45, 7) is 3.68. The molecule has 3 atom stereocenters. The summed E-state index contributed by atoms with van der Waals surface area (Å²) < 4.78 is 12.9. The predicted molar refractivity (Wildman–Crippen MR) is 270 cm³/mol. The van der Waals surface area contributed by atoms with E-state index in [1.54, 1.807) is 0 Å². The summed E-state index contributed by atoms with van der Waals surface area (Å²) in [6.07, 6.45) is 5.00. The van der Waals surface area contributed by atoms with Crippen molar-refractivity contribution in [3.8, 4) is 78.7 Å². The first-order valence-corrected chi connectivity index (χ1v) is 25.4. The van der Waals surface area contributed by atoms with Crippen LogP contribution in [-0.4, -0.2) is 28.3 Å². The van der Waals surface area contributed by atoms with Gasteiger partial charge in [-0.3, -0.25) is 0 Å². The minimum atomic E-state index is -2.36. The molecule has 0 saturated heterocycles. The second-order valence-electron chi connectivity index (χ2n) is 18.4. The number of aromatic nitrogens is 3. The van der Waals surface area contributed by atoms with Crippen molar-refractivity contribution in [2.45, 2.75) is 31.1 Å². The average molecular weight is 860 g/mol. The van der Waals surface area contributed by atoms with Crippen molar-refractivity contribution in [1.82, 2.24) is 15.0 Å². The van der Waals surface area contributed by atoms with Crippen LogP contribution in [0.25, 0.3) is 78.7 Å². The van der Waals surface area contributed by atoms with Gasteiger partial charge in [-0.05, 0) is 106 Å². The number of benzene rings is 8. The first kappa shape index (κ1) is 40.8. The highest BCUT2D eigenvalue weighted by atomic mass is 31.2. The van der Waals surface area contributed by atoms with Gasteiger partial charge in [-0.15, -0.1) is 0 Å². The Morgan fingerprint density at radius 1 is 0.400 bits per heavy atom. The van der Waals surface area contributed by atoms with Gasteiger partial charge in [0.25, 0.3) is 0 Å². The molecule has 1 aromatic heterocycles. The number of nitrogens with zero attached hydrogens (tertiary/aromatic N) is 3. The SMILES string of the molecule is CP(C)(=O)c1cccc(-c2ccc(C3(c4ccc(-c5nc(-c6ccc(-c7ccccc7)cc6)nc(-c6ccc(-c7ccc(-c8ccccc8)cc7)cc6)n5)cc4)CC4CCC3C4)cc2)c1. The molecule has 65 heavy (non-hydrogen) atoms. The third-order valence-electron chi connectivity index (χ3n) is 14.1. The van der Waals surface area contributed by atoms with E-state index < -0.39 is 7.14 Å². The van der Waals surface area contributed by atoms with Crippen molar-refractivity contribution >= 4 is 12.4 Å². The largest absolute Gasteiger partial charge is 0.319 e. The van der Waals surface area contributed by atoms with Gasteiger partial charge in [0.1, 0.15) is 7.14 Å². The van der Waals surface area contributed by atoms with Gasteiger partial charge < -0.3 is 4.57 Å². The summed E-state index contributed by atoms with van der Waals surface area (Å²) in [4.78, 5) is 15.4. The van der Waals surface area contributed by atoms with E-state index in [1.807, 2.05) is 37.6 Å². The summed E-state index contributed by atoms with van der Waals surface area (Å²) >= 11 is 0. The third kappa shape index (κ3) is 7.98. The molecule has 9 aromatic rings. The fourth-order valence-electron chi connectivity index (χ4n) is 10.6. The molecule has 0 aliphatic heterocycles. The zero-order valence-corrected chi connectivity index (χ0v) is 37.7. The van der Waals surface area contributed by atoms with Gasteiger partial charge in [0.05, 0.1) is 0 Å². The van der Waals surface area contributed by atoms with Crippen molar-refractivity contribution in [3.05, 3.63) is 217 Å². The summed E-state index contributed by atoms with van der Waals surface area (Å²) in [7, 11) is -2.36. The first-order chi connectivity index (χ1) is 31.8. The summed E-state index contributed by atoms with van der Waals surface area (Å²) in [5.74, 6) is 3.27. The Morgan fingerprint density at radius 2 is 0.754 bits per heavy atom. The minimum Gasteiger partial charge on any atom is -0.319 e. The standard InChI is InChI=1S/C60H50N3OP/c1-65(2,64)56-15-9-14-52(39-56)48-29-34-53(35-30-48)60(40-41-16-33-55(60)38-41)54-36-31-51(32-37-54)59-62-57(49-25-21-45(22-26-49)43-12-7-4-8-13-43)61-58(63-59)50-27-23-47(24-28-50)46-19-17-44(18-20-46)42-10-5-3-6-11-42/h3-15,17-32,34-37,39,41,55H,16,33,38,40H2,1-2H3. The maximum absolute atomic E-state index is 12.9. The average Bonchev–Trinajstić information content (AvgIpc) is 4.00. The molecular weight excluding hydrogens is 810 g/mol. The van der Waals surface area contributed by atoms with Crippen molar-refractivity contribution in [2.24, 2.45) is 11.8 Å². The Kier molecular flexibility index (Phi) is 10.6. The monoisotopic (exact) mass is 859 g/mol. The van der Waals surface area contributed by atoms with Crippen molar-refractivity contribution in [1.29, 1.82) is 0 Å². The molecule has 2 bridgehead atoms. The van der Waals surface area contributed by atoms with Crippen LogP contribution in [0.3, 0.4) is 0 Å². The molecule has 0 amide bonds. The van der Waals surface area contributed by atoms with Gasteiger partial charge in [-0.2, -0.15) is 0 Å². The van der Waals surface area contributed by atoms with E-state index in [4.69, 9.17) is 15.0 Å². The first-order valence-electron chi connectivity index (χ1n) is 22.8.